The van der Waals surface area contributed by atoms with Gasteiger partial charge < -0.3 is 15.4 Å². The largest absolute Gasteiger partial charge is 0.373 e. The summed E-state index contributed by atoms with van der Waals surface area (Å²) in [6.07, 6.45) is 4.98. The second-order valence-electron chi connectivity index (χ2n) is 4.09. The van der Waals surface area contributed by atoms with Crippen LogP contribution in [0.3, 0.4) is 0 Å². The maximum Gasteiger partial charge on any atom is 0.221 e. The van der Waals surface area contributed by atoms with Crippen LogP contribution in [0.2, 0.25) is 0 Å². The highest BCUT2D eigenvalue weighted by molar-refractivity contribution is 5.75. The van der Waals surface area contributed by atoms with Gasteiger partial charge in [0, 0.05) is 26.1 Å². The predicted molar refractivity (Wildman–Crippen MR) is 53.0 cm³/mol. The van der Waals surface area contributed by atoms with Crippen LogP contribution in [0.5, 0.6) is 0 Å². The third-order valence-electron chi connectivity index (χ3n) is 3.14. The zero-order valence-electron chi connectivity index (χ0n) is 8.58. The molecule has 2 aliphatic heterocycles. The number of rotatable bonds is 4. The normalized spacial score (nSPS) is 34.8. The lowest BCUT2D eigenvalue weighted by Crippen LogP contribution is -2.39. The van der Waals surface area contributed by atoms with E-state index < -0.39 is 0 Å². The molecule has 0 radical (unpaired) electrons. The fraction of sp³-hybridized carbons (Fsp3) is 0.900. The van der Waals surface area contributed by atoms with Crippen LogP contribution in [-0.2, 0) is 9.53 Å². The first-order valence-corrected chi connectivity index (χ1v) is 5.39. The van der Waals surface area contributed by atoms with E-state index in [1.165, 1.54) is 12.8 Å². The molecule has 2 rings (SSSR count). The monoisotopic (exact) mass is 198 g/mol. The second kappa shape index (κ2) is 4.28. The van der Waals surface area contributed by atoms with Crippen molar-refractivity contribution in [3.8, 4) is 0 Å². The van der Waals surface area contributed by atoms with E-state index in [2.05, 4.69) is 10.6 Å². The molecule has 0 aliphatic carbocycles. The molecule has 0 spiro atoms. The zero-order valence-corrected chi connectivity index (χ0v) is 8.58. The summed E-state index contributed by atoms with van der Waals surface area (Å²) < 4.78 is 5.71. The van der Waals surface area contributed by atoms with E-state index in [-0.39, 0.29) is 5.91 Å². The summed E-state index contributed by atoms with van der Waals surface area (Å²) in [7, 11) is 1.67. The Bertz CT molecular complexity index is 220. The highest BCUT2D eigenvalue weighted by Crippen LogP contribution is 2.34. The van der Waals surface area contributed by atoms with E-state index in [9.17, 15) is 4.79 Å². The first-order valence-electron chi connectivity index (χ1n) is 5.39. The summed E-state index contributed by atoms with van der Waals surface area (Å²) in [5.74, 6) is 0.0987. The van der Waals surface area contributed by atoms with Gasteiger partial charge in [-0.3, -0.25) is 4.79 Å². The second-order valence-corrected chi connectivity index (χ2v) is 4.09. The molecule has 2 bridgehead atoms. The van der Waals surface area contributed by atoms with E-state index in [4.69, 9.17) is 4.74 Å². The Morgan fingerprint density at radius 3 is 2.93 bits per heavy atom. The van der Waals surface area contributed by atoms with Crippen LogP contribution in [0.25, 0.3) is 0 Å². The van der Waals surface area contributed by atoms with E-state index in [0.717, 1.165) is 13.0 Å². The van der Waals surface area contributed by atoms with Gasteiger partial charge in [-0.1, -0.05) is 0 Å². The highest BCUT2D eigenvalue weighted by atomic mass is 16.5. The Labute approximate surface area is 84.4 Å². The molecule has 0 aromatic carbocycles. The smallest absolute Gasteiger partial charge is 0.221 e. The lowest BCUT2D eigenvalue weighted by atomic mass is 9.95. The van der Waals surface area contributed by atoms with Crippen LogP contribution >= 0.6 is 0 Å². The number of nitrogens with one attached hydrogen (secondary N) is 2. The number of fused-ring (bicyclic) bond motifs is 2. The predicted octanol–water partition coefficient (Wildman–Crippen LogP) is 0.0320. The molecule has 2 aliphatic rings. The molecule has 2 saturated heterocycles. The van der Waals surface area contributed by atoms with Crippen LogP contribution in [-0.4, -0.2) is 37.7 Å². The molecule has 3 atom stereocenters. The van der Waals surface area contributed by atoms with Crippen molar-refractivity contribution in [1.29, 1.82) is 0 Å². The van der Waals surface area contributed by atoms with Gasteiger partial charge in [-0.05, 0) is 19.3 Å². The van der Waals surface area contributed by atoms with E-state index >= 15 is 0 Å². The topological polar surface area (TPSA) is 50.4 Å². The minimum atomic E-state index is 0.0987. The number of carbonyl (C=O) groups is 1. The van der Waals surface area contributed by atoms with Crippen molar-refractivity contribution < 1.29 is 9.53 Å². The Kier molecular flexibility index (Phi) is 3.03. The molecule has 2 heterocycles. The van der Waals surface area contributed by atoms with Crippen LogP contribution in [0, 0.1) is 0 Å². The third kappa shape index (κ3) is 2.07. The molecular formula is C10H18N2O2. The molecule has 80 valence electrons. The van der Waals surface area contributed by atoms with Crippen molar-refractivity contribution in [2.24, 2.45) is 0 Å². The van der Waals surface area contributed by atoms with Gasteiger partial charge in [0.05, 0.1) is 12.2 Å². The van der Waals surface area contributed by atoms with Crippen molar-refractivity contribution in [2.75, 3.05) is 13.6 Å². The molecule has 2 fully saturated rings. The van der Waals surface area contributed by atoms with Gasteiger partial charge in [0.1, 0.15) is 0 Å². The average molecular weight is 198 g/mol. The molecule has 0 saturated carbocycles. The van der Waals surface area contributed by atoms with Gasteiger partial charge in [-0.25, -0.2) is 0 Å². The van der Waals surface area contributed by atoms with Gasteiger partial charge in [0.15, 0.2) is 0 Å². The number of carbonyl (C=O) groups excluding carboxylic acids is 1. The Morgan fingerprint density at radius 1 is 1.50 bits per heavy atom. The van der Waals surface area contributed by atoms with E-state index in [1.807, 2.05) is 0 Å². The van der Waals surface area contributed by atoms with Gasteiger partial charge in [0.25, 0.3) is 0 Å². The lowest BCUT2D eigenvalue weighted by Gasteiger charge is -2.19. The third-order valence-corrected chi connectivity index (χ3v) is 3.14. The first-order chi connectivity index (χ1) is 6.79. The summed E-state index contributed by atoms with van der Waals surface area (Å²) in [6.45, 7) is 0.761. The molecule has 14 heavy (non-hydrogen) atoms. The summed E-state index contributed by atoms with van der Waals surface area (Å²) in [4.78, 5) is 11.0. The van der Waals surface area contributed by atoms with Crippen molar-refractivity contribution in [3.05, 3.63) is 0 Å². The maximum absolute atomic E-state index is 11.0. The van der Waals surface area contributed by atoms with Crippen molar-refractivity contribution in [2.45, 2.75) is 43.9 Å². The van der Waals surface area contributed by atoms with Gasteiger partial charge in [-0.2, -0.15) is 0 Å². The van der Waals surface area contributed by atoms with Gasteiger partial charge >= 0.3 is 0 Å². The first kappa shape index (κ1) is 9.93. The molecule has 3 unspecified atom stereocenters. The van der Waals surface area contributed by atoms with E-state index in [1.54, 1.807) is 7.05 Å². The van der Waals surface area contributed by atoms with Crippen molar-refractivity contribution in [3.63, 3.8) is 0 Å². The van der Waals surface area contributed by atoms with Crippen LogP contribution < -0.4 is 10.6 Å². The minimum Gasteiger partial charge on any atom is -0.373 e. The zero-order chi connectivity index (χ0) is 9.97. The Hall–Kier alpha value is -0.610. The van der Waals surface area contributed by atoms with Crippen LogP contribution in [0.15, 0.2) is 0 Å². The number of hydrogen-bond donors (Lipinski definition) is 2. The molecular weight excluding hydrogens is 180 g/mol. The minimum absolute atomic E-state index is 0.0987. The Morgan fingerprint density at radius 2 is 2.36 bits per heavy atom. The maximum atomic E-state index is 11.0. The SMILES string of the molecule is CNC(=O)CCNC1CC2CCC1O2. The summed E-state index contributed by atoms with van der Waals surface area (Å²) in [6, 6.07) is 0.485. The quantitative estimate of drug-likeness (QED) is 0.670. The van der Waals surface area contributed by atoms with Crippen LogP contribution in [0.1, 0.15) is 25.7 Å². The number of amides is 1. The molecule has 0 aromatic rings. The standard InChI is InChI=1S/C10H18N2O2/c1-11-10(13)4-5-12-8-6-7-2-3-9(8)14-7/h7-9,12H,2-6H2,1H3,(H,11,13). The molecule has 2 N–H and O–H groups in total. The Balaban J connectivity index is 1.64. The summed E-state index contributed by atoms with van der Waals surface area (Å²) in [5.41, 5.74) is 0. The van der Waals surface area contributed by atoms with Gasteiger partial charge in [0.2, 0.25) is 5.91 Å². The average Bonchev–Trinajstić information content (AvgIpc) is 2.79. The number of hydrogen-bond acceptors (Lipinski definition) is 3. The van der Waals surface area contributed by atoms with Crippen molar-refractivity contribution in [1.82, 2.24) is 10.6 Å². The van der Waals surface area contributed by atoms with E-state index in [0.29, 0.717) is 24.7 Å². The molecule has 0 aromatic heterocycles. The molecule has 1 amide bonds. The lowest BCUT2D eigenvalue weighted by molar-refractivity contribution is -0.120. The molecule has 4 heteroatoms. The summed E-state index contributed by atoms with van der Waals surface area (Å²) >= 11 is 0. The van der Waals surface area contributed by atoms with Crippen molar-refractivity contribution >= 4 is 5.91 Å². The number of ether oxygens (including phenoxy) is 1. The summed E-state index contributed by atoms with van der Waals surface area (Å²) in [5, 5.41) is 6.01. The highest BCUT2D eigenvalue weighted by Gasteiger charge is 2.40. The molecule has 4 nitrogen and oxygen atoms in total. The fourth-order valence-corrected chi connectivity index (χ4v) is 2.35. The van der Waals surface area contributed by atoms with Gasteiger partial charge in [-0.15, -0.1) is 0 Å². The fourth-order valence-electron chi connectivity index (χ4n) is 2.35. The van der Waals surface area contributed by atoms with Crippen LogP contribution in [0.4, 0.5) is 0 Å².